The molecule has 0 saturated carbocycles. The fraction of sp³-hybridized carbons (Fsp3) is 0.611. The number of carbonyl (C=O) groups is 1. The number of likely N-dealkylation sites (tertiary alicyclic amines) is 1. The van der Waals surface area contributed by atoms with Crippen LogP contribution in [0.5, 0.6) is 11.5 Å². The Bertz CT molecular complexity index is 572. The molecule has 6 nitrogen and oxygen atoms in total. The third-order valence-electron chi connectivity index (χ3n) is 4.81. The number of methoxy groups -OCH3 is 2. The minimum absolute atomic E-state index is 0.0135. The molecule has 2 aliphatic rings. The molecule has 1 aromatic carbocycles. The maximum atomic E-state index is 12.6. The van der Waals surface area contributed by atoms with Crippen LogP contribution in [0.1, 0.15) is 37.3 Å². The molecule has 24 heavy (non-hydrogen) atoms. The van der Waals surface area contributed by atoms with Crippen LogP contribution in [0, 0.1) is 0 Å². The Morgan fingerprint density at radius 3 is 2.88 bits per heavy atom. The number of nitrogens with one attached hydrogen (secondary N) is 1. The van der Waals surface area contributed by atoms with Crippen LogP contribution in [0.2, 0.25) is 0 Å². The normalized spacial score (nSPS) is 23.3. The van der Waals surface area contributed by atoms with Crippen molar-refractivity contribution in [2.45, 2.75) is 37.8 Å². The van der Waals surface area contributed by atoms with Crippen molar-refractivity contribution in [1.82, 2.24) is 10.2 Å². The standard InChI is InChI=1S/C18H26N2O4/c1-22-13-7-8-17(23-2)15(11-13)16-6-3-9-20(16)18(21)19-12-14-5-4-10-24-14/h7-8,11,14,16H,3-6,9-10,12H2,1-2H3,(H,19,21)/t14-,16-/m1/s1. The summed E-state index contributed by atoms with van der Waals surface area (Å²) in [6.07, 6.45) is 4.16. The van der Waals surface area contributed by atoms with Crippen LogP contribution in [0.25, 0.3) is 0 Å². The summed E-state index contributed by atoms with van der Waals surface area (Å²) < 4.78 is 16.4. The van der Waals surface area contributed by atoms with E-state index in [0.717, 1.165) is 55.9 Å². The first-order chi connectivity index (χ1) is 11.7. The van der Waals surface area contributed by atoms with Gasteiger partial charge in [-0.2, -0.15) is 0 Å². The van der Waals surface area contributed by atoms with Crippen LogP contribution >= 0.6 is 0 Å². The van der Waals surface area contributed by atoms with E-state index < -0.39 is 0 Å². The predicted molar refractivity (Wildman–Crippen MR) is 90.6 cm³/mol. The molecule has 1 aromatic rings. The van der Waals surface area contributed by atoms with E-state index in [9.17, 15) is 4.79 Å². The summed E-state index contributed by atoms with van der Waals surface area (Å²) in [6.45, 7) is 2.13. The summed E-state index contributed by atoms with van der Waals surface area (Å²) >= 11 is 0. The van der Waals surface area contributed by atoms with E-state index in [1.165, 1.54) is 0 Å². The van der Waals surface area contributed by atoms with Crippen LogP contribution < -0.4 is 14.8 Å². The van der Waals surface area contributed by atoms with Gasteiger partial charge < -0.3 is 24.4 Å². The summed E-state index contributed by atoms with van der Waals surface area (Å²) in [5.41, 5.74) is 1.00. The van der Waals surface area contributed by atoms with Gasteiger partial charge in [-0.1, -0.05) is 0 Å². The molecule has 0 aliphatic carbocycles. The van der Waals surface area contributed by atoms with E-state index in [1.54, 1.807) is 14.2 Å². The van der Waals surface area contributed by atoms with E-state index >= 15 is 0 Å². The molecule has 0 aromatic heterocycles. The molecule has 0 bridgehead atoms. The quantitative estimate of drug-likeness (QED) is 0.899. The largest absolute Gasteiger partial charge is 0.497 e. The van der Waals surface area contributed by atoms with Gasteiger partial charge in [0.15, 0.2) is 0 Å². The van der Waals surface area contributed by atoms with Gasteiger partial charge in [-0.15, -0.1) is 0 Å². The Morgan fingerprint density at radius 2 is 2.17 bits per heavy atom. The smallest absolute Gasteiger partial charge is 0.318 e. The van der Waals surface area contributed by atoms with Gasteiger partial charge in [0.2, 0.25) is 0 Å². The summed E-state index contributed by atoms with van der Waals surface area (Å²) in [4.78, 5) is 14.5. The summed E-state index contributed by atoms with van der Waals surface area (Å²) in [5, 5.41) is 3.02. The van der Waals surface area contributed by atoms with E-state index in [0.29, 0.717) is 6.54 Å². The molecule has 0 spiro atoms. The van der Waals surface area contributed by atoms with Crippen molar-refractivity contribution >= 4 is 6.03 Å². The second-order valence-electron chi connectivity index (χ2n) is 6.28. The maximum Gasteiger partial charge on any atom is 0.318 e. The fourth-order valence-corrected chi connectivity index (χ4v) is 3.54. The molecular weight excluding hydrogens is 308 g/mol. The van der Waals surface area contributed by atoms with Gasteiger partial charge in [0.05, 0.1) is 26.4 Å². The third-order valence-corrected chi connectivity index (χ3v) is 4.81. The highest BCUT2D eigenvalue weighted by atomic mass is 16.5. The van der Waals surface area contributed by atoms with Crippen LogP contribution in [0.15, 0.2) is 18.2 Å². The van der Waals surface area contributed by atoms with Crippen LogP contribution in [0.3, 0.4) is 0 Å². The molecule has 2 fully saturated rings. The Hall–Kier alpha value is -1.95. The number of hydrogen-bond donors (Lipinski definition) is 1. The minimum atomic E-state index is -0.0297. The number of benzene rings is 1. The number of ether oxygens (including phenoxy) is 3. The van der Waals surface area contributed by atoms with Crippen molar-refractivity contribution in [1.29, 1.82) is 0 Å². The van der Waals surface area contributed by atoms with Crippen molar-refractivity contribution in [3.63, 3.8) is 0 Å². The Morgan fingerprint density at radius 1 is 1.29 bits per heavy atom. The lowest BCUT2D eigenvalue weighted by Gasteiger charge is -2.27. The van der Waals surface area contributed by atoms with E-state index in [1.807, 2.05) is 23.1 Å². The molecule has 6 heteroatoms. The first-order valence-electron chi connectivity index (χ1n) is 8.61. The van der Waals surface area contributed by atoms with Crippen LogP contribution in [0.4, 0.5) is 4.79 Å². The van der Waals surface area contributed by atoms with Gasteiger partial charge >= 0.3 is 6.03 Å². The Labute approximate surface area is 143 Å². The molecule has 0 unspecified atom stereocenters. The Kier molecular flexibility index (Phi) is 5.45. The SMILES string of the molecule is COc1ccc(OC)c([C@H]2CCCN2C(=O)NC[C@H]2CCCO2)c1. The van der Waals surface area contributed by atoms with E-state index in [4.69, 9.17) is 14.2 Å². The van der Waals surface area contributed by atoms with Crippen molar-refractivity contribution in [3.8, 4) is 11.5 Å². The van der Waals surface area contributed by atoms with Gasteiger partial charge in [0.25, 0.3) is 0 Å². The topological polar surface area (TPSA) is 60.0 Å². The molecule has 132 valence electrons. The second kappa shape index (κ2) is 7.75. The van der Waals surface area contributed by atoms with Crippen molar-refractivity contribution < 1.29 is 19.0 Å². The highest BCUT2D eigenvalue weighted by Gasteiger charge is 2.32. The summed E-state index contributed by atoms with van der Waals surface area (Å²) in [7, 11) is 3.30. The lowest BCUT2D eigenvalue weighted by molar-refractivity contribution is 0.108. The van der Waals surface area contributed by atoms with Crippen LogP contribution in [-0.2, 0) is 4.74 Å². The van der Waals surface area contributed by atoms with E-state index in [2.05, 4.69) is 5.32 Å². The number of rotatable bonds is 5. The zero-order valence-corrected chi connectivity index (χ0v) is 14.4. The van der Waals surface area contributed by atoms with E-state index in [-0.39, 0.29) is 18.2 Å². The molecular formula is C18H26N2O4. The minimum Gasteiger partial charge on any atom is -0.497 e. The average molecular weight is 334 g/mol. The molecule has 2 aliphatic heterocycles. The molecule has 2 saturated heterocycles. The van der Waals surface area contributed by atoms with Gasteiger partial charge in [-0.05, 0) is 43.9 Å². The van der Waals surface area contributed by atoms with Crippen molar-refractivity contribution in [2.75, 3.05) is 33.9 Å². The number of nitrogens with zero attached hydrogens (tertiary/aromatic N) is 1. The van der Waals surface area contributed by atoms with Gasteiger partial charge in [0.1, 0.15) is 11.5 Å². The monoisotopic (exact) mass is 334 g/mol. The van der Waals surface area contributed by atoms with Gasteiger partial charge in [0, 0.05) is 25.3 Å². The molecule has 2 heterocycles. The first kappa shape index (κ1) is 16.9. The van der Waals surface area contributed by atoms with Crippen molar-refractivity contribution in [3.05, 3.63) is 23.8 Å². The number of amides is 2. The second-order valence-corrected chi connectivity index (χ2v) is 6.28. The summed E-state index contributed by atoms with van der Waals surface area (Å²) in [5.74, 6) is 1.57. The molecule has 2 amide bonds. The first-order valence-corrected chi connectivity index (χ1v) is 8.61. The number of carbonyl (C=O) groups excluding carboxylic acids is 1. The summed E-state index contributed by atoms with van der Waals surface area (Å²) in [6, 6.07) is 5.72. The number of urea groups is 1. The fourth-order valence-electron chi connectivity index (χ4n) is 3.54. The maximum absolute atomic E-state index is 12.6. The lowest BCUT2D eigenvalue weighted by Crippen LogP contribution is -2.42. The Balaban J connectivity index is 1.71. The number of hydrogen-bond acceptors (Lipinski definition) is 4. The molecule has 3 rings (SSSR count). The average Bonchev–Trinajstić information content (AvgIpc) is 3.30. The van der Waals surface area contributed by atoms with Gasteiger partial charge in [-0.25, -0.2) is 4.79 Å². The third kappa shape index (κ3) is 3.59. The van der Waals surface area contributed by atoms with Gasteiger partial charge in [-0.3, -0.25) is 0 Å². The van der Waals surface area contributed by atoms with Crippen LogP contribution in [-0.4, -0.2) is 51.0 Å². The highest BCUT2D eigenvalue weighted by molar-refractivity contribution is 5.75. The molecule has 2 atom stereocenters. The molecule has 0 radical (unpaired) electrons. The van der Waals surface area contributed by atoms with Crippen molar-refractivity contribution in [2.24, 2.45) is 0 Å². The zero-order chi connectivity index (χ0) is 16.9. The highest BCUT2D eigenvalue weighted by Crippen LogP contribution is 2.38. The lowest BCUT2D eigenvalue weighted by atomic mass is 10.0. The predicted octanol–water partition coefficient (Wildman–Crippen LogP) is 2.73. The molecule has 1 N–H and O–H groups in total. The zero-order valence-electron chi connectivity index (χ0n) is 14.4.